The van der Waals surface area contributed by atoms with E-state index in [9.17, 15) is 4.79 Å². The van der Waals surface area contributed by atoms with E-state index in [1.54, 1.807) is 11.3 Å². The Morgan fingerprint density at radius 3 is 3.00 bits per heavy atom. The van der Waals surface area contributed by atoms with Crippen molar-refractivity contribution in [3.05, 3.63) is 21.4 Å². The summed E-state index contributed by atoms with van der Waals surface area (Å²) in [5.41, 5.74) is 2.29. The summed E-state index contributed by atoms with van der Waals surface area (Å²) < 4.78 is 5.30. The molecule has 0 spiro atoms. The lowest BCUT2D eigenvalue weighted by Crippen LogP contribution is -2.41. The Morgan fingerprint density at radius 1 is 1.44 bits per heavy atom. The maximum atomic E-state index is 12.5. The number of morpholine rings is 1. The predicted octanol–water partition coefficient (Wildman–Crippen LogP) is 2.35. The molecular weight excluding hydrogens is 246 g/mol. The summed E-state index contributed by atoms with van der Waals surface area (Å²) in [6.45, 7) is 5.12. The second-order valence-corrected chi connectivity index (χ2v) is 6.27. The van der Waals surface area contributed by atoms with Gasteiger partial charge >= 0.3 is 0 Å². The Balaban J connectivity index is 1.82. The smallest absolute Gasteiger partial charge is 0.255 e. The minimum absolute atomic E-state index is 0.213. The van der Waals surface area contributed by atoms with Crippen LogP contribution < -0.4 is 0 Å². The van der Waals surface area contributed by atoms with E-state index >= 15 is 0 Å². The van der Waals surface area contributed by atoms with E-state index < -0.39 is 0 Å². The highest BCUT2D eigenvalue weighted by atomic mass is 32.1. The molecule has 0 N–H and O–H groups in total. The molecule has 4 heteroatoms. The standard InChI is InChI=1S/C14H19NO2S/c1-10-2-3-11-12(9-18-13(11)8-10)14(16)15-4-6-17-7-5-15/h9-10H,2-8H2,1H3. The van der Waals surface area contributed by atoms with Gasteiger partial charge in [0.1, 0.15) is 0 Å². The summed E-state index contributed by atoms with van der Waals surface area (Å²) in [7, 11) is 0. The Morgan fingerprint density at radius 2 is 2.22 bits per heavy atom. The topological polar surface area (TPSA) is 29.5 Å². The molecule has 3 rings (SSSR count). The summed E-state index contributed by atoms with van der Waals surface area (Å²) in [6.07, 6.45) is 3.44. The first-order chi connectivity index (χ1) is 8.75. The average Bonchev–Trinajstić information content (AvgIpc) is 2.81. The molecule has 1 saturated heterocycles. The van der Waals surface area contributed by atoms with Crippen molar-refractivity contribution in [3.8, 4) is 0 Å². The molecule has 2 heterocycles. The van der Waals surface area contributed by atoms with Gasteiger partial charge < -0.3 is 9.64 Å². The van der Waals surface area contributed by atoms with Gasteiger partial charge in [0.2, 0.25) is 0 Å². The minimum Gasteiger partial charge on any atom is -0.378 e. The summed E-state index contributed by atoms with van der Waals surface area (Å²) >= 11 is 1.77. The van der Waals surface area contributed by atoms with Crippen molar-refractivity contribution in [3.63, 3.8) is 0 Å². The SMILES string of the molecule is CC1CCc2c(C(=O)N3CCOCC3)csc2C1. The van der Waals surface area contributed by atoms with Crippen molar-refractivity contribution in [2.75, 3.05) is 26.3 Å². The molecule has 18 heavy (non-hydrogen) atoms. The van der Waals surface area contributed by atoms with E-state index in [4.69, 9.17) is 4.74 Å². The van der Waals surface area contributed by atoms with E-state index in [0.717, 1.165) is 37.4 Å². The van der Waals surface area contributed by atoms with Crippen LogP contribution in [0.5, 0.6) is 0 Å². The van der Waals surface area contributed by atoms with E-state index in [1.807, 2.05) is 4.90 Å². The number of nitrogens with zero attached hydrogens (tertiary/aromatic N) is 1. The zero-order valence-electron chi connectivity index (χ0n) is 10.8. The van der Waals surface area contributed by atoms with Gasteiger partial charge in [-0.15, -0.1) is 11.3 Å². The van der Waals surface area contributed by atoms with Crippen LogP contribution in [0.3, 0.4) is 0 Å². The van der Waals surface area contributed by atoms with Crippen molar-refractivity contribution >= 4 is 17.2 Å². The molecular formula is C14H19NO2S. The first-order valence-electron chi connectivity index (χ1n) is 6.72. The summed E-state index contributed by atoms with van der Waals surface area (Å²) in [5, 5.41) is 2.07. The molecule has 1 amide bonds. The molecule has 1 fully saturated rings. The molecule has 3 nitrogen and oxygen atoms in total. The number of hydrogen-bond acceptors (Lipinski definition) is 3. The molecule has 1 aromatic rings. The number of hydrogen-bond donors (Lipinski definition) is 0. The molecule has 0 bridgehead atoms. The minimum atomic E-state index is 0.213. The van der Waals surface area contributed by atoms with Gasteiger partial charge in [-0.3, -0.25) is 4.79 Å². The molecule has 98 valence electrons. The lowest BCUT2D eigenvalue weighted by atomic mass is 9.88. The third-order valence-electron chi connectivity index (χ3n) is 3.93. The molecule has 0 radical (unpaired) electrons. The van der Waals surface area contributed by atoms with Gasteiger partial charge in [0.15, 0.2) is 0 Å². The molecule has 1 aliphatic carbocycles. The second kappa shape index (κ2) is 5.02. The van der Waals surface area contributed by atoms with Crippen LogP contribution in [0.15, 0.2) is 5.38 Å². The van der Waals surface area contributed by atoms with Crippen molar-refractivity contribution in [2.24, 2.45) is 5.92 Å². The summed E-state index contributed by atoms with van der Waals surface area (Å²) in [6, 6.07) is 0. The van der Waals surface area contributed by atoms with Crippen molar-refractivity contribution in [1.82, 2.24) is 4.90 Å². The third kappa shape index (κ3) is 2.19. The number of carbonyl (C=O) groups is 1. The molecule has 1 aromatic heterocycles. The van der Waals surface area contributed by atoms with Crippen molar-refractivity contribution in [1.29, 1.82) is 0 Å². The summed E-state index contributed by atoms with van der Waals surface area (Å²) in [5.74, 6) is 0.979. The highest BCUT2D eigenvalue weighted by Gasteiger charge is 2.26. The van der Waals surface area contributed by atoms with Crippen LogP contribution in [-0.4, -0.2) is 37.1 Å². The van der Waals surface area contributed by atoms with Crippen LogP contribution >= 0.6 is 11.3 Å². The molecule has 0 saturated carbocycles. The van der Waals surface area contributed by atoms with Crippen molar-refractivity contribution in [2.45, 2.75) is 26.2 Å². The van der Waals surface area contributed by atoms with Gasteiger partial charge in [0.05, 0.1) is 18.8 Å². The largest absolute Gasteiger partial charge is 0.378 e. The van der Waals surface area contributed by atoms with Gasteiger partial charge in [-0.05, 0) is 30.7 Å². The normalized spacial score (nSPS) is 23.8. The van der Waals surface area contributed by atoms with E-state index in [1.165, 1.54) is 16.9 Å². The fourth-order valence-electron chi connectivity index (χ4n) is 2.79. The van der Waals surface area contributed by atoms with E-state index in [0.29, 0.717) is 13.2 Å². The van der Waals surface area contributed by atoms with Crippen LogP contribution in [-0.2, 0) is 17.6 Å². The van der Waals surface area contributed by atoms with Crippen LogP contribution in [0.1, 0.15) is 34.1 Å². The quantitative estimate of drug-likeness (QED) is 0.780. The van der Waals surface area contributed by atoms with Crippen LogP contribution in [0, 0.1) is 5.92 Å². The van der Waals surface area contributed by atoms with Crippen LogP contribution in [0.2, 0.25) is 0 Å². The van der Waals surface area contributed by atoms with Gasteiger partial charge in [0.25, 0.3) is 5.91 Å². The average molecular weight is 265 g/mol. The van der Waals surface area contributed by atoms with Crippen LogP contribution in [0.4, 0.5) is 0 Å². The Kier molecular flexibility index (Phi) is 3.39. The third-order valence-corrected chi connectivity index (χ3v) is 4.98. The number of ether oxygens (including phenoxy) is 1. The van der Waals surface area contributed by atoms with E-state index in [-0.39, 0.29) is 5.91 Å². The Bertz CT molecular complexity index is 449. The fourth-order valence-corrected chi connectivity index (χ4v) is 4.03. The first-order valence-corrected chi connectivity index (χ1v) is 7.60. The predicted molar refractivity (Wildman–Crippen MR) is 72.2 cm³/mol. The Labute approximate surface area is 112 Å². The molecule has 1 aliphatic heterocycles. The number of amides is 1. The number of fused-ring (bicyclic) bond motifs is 1. The van der Waals surface area contributed by atoms with Gasteiger partial charge in [-0.25, -0.2) is 0 Å². The van der Waals surface area contributed by atoms with Crippen LogP contribution in [0.25, 0.3) is 0 Å². The second-order valence-electron chi connectivity index (χ2n) is 5.30. The monoisotopic (exact) mass is 265 g/mol. The molecule has 0 aromatic carbocycles. The lowest BCUT2D eigenvalue weighted by molar-refractivity contribution is 0.0302. The van der Waals surface area contributed by atoms with Gasteiger partial charge in [-0.2, -0.15) is 0 Å². The number of carbonyl (C=O) groups excluding carboxylic acids is 1. The lowest BCUT2D eigenvalue weighted by Gasteiger charge is -2.27. The van der Waals surface area contributed by atoms with Gasteiger partial charge in [-0.1, -0.05) is 6.92 Å². The molecule has 2 aliphatic rings. The first kappa shape index (κ1) is 12.2. The zero-order chi connectivity index (χ0) is 12.5. The zero-order valence-corrected chi connectivity index (χ0v) is 11.6. The number of rotatable bonds is 1. The van der Waals surface area contributed by atoms with Gasteiger partial charge in [0, 0.05) is 23.3 Å². The maximum Gasteiger partial charge on any atom is 0.255 e. The maximum absolute atomic E-state index is 12.5. The highest BCUT2D eigenvalue weighted by molar-refractivity contribution is 7.10. The fraction of sp³-hybridized carbons (Fsp3) is 0.643. The number of thiophene rings is 1. The molecule has 1 atom stereocenters. The highest BCUT2D eigenvalue weighted by Crippen LogP contribution is 2.33. The Hall–Kier alpha value is -0.870. The summed E-state index contributed by atoms with van der Waals surface area (Å²) in [4.78, 5) is 15.9. The van der Waals surface area contributed by atoms with E-state index in [2.05, 4.69) is 12.3 Å². The van der Waals surface area contributed by atoms with Crippen molar-refractivity contribution < 1.29 is 9.53 Å². The molecule has 1 unspecified atom stereocenters.